The van der Waals surface area contributed by atoms with Gasteiger partial charge in [-0.3, -0.25) is 15.1 Å². The zero-order chi connectivity index (χ0) is 12.4. The first-order valence-corrected chi connectivity index (χ1v) is 5.15. The van der Waals surface area contributed by atoms with Crippen molar-refractivity contribution in [2.75, 3.05) is 13.1 Å². The molecule has 0 saturated carbocycles. The maximum Gasteiger partial charge on any atom is 0.287 e. The minimum atomic E-state index is -0.746. The second kappa shape index (κ2) is 4.80. The quantitative estimate of drug-likeness (QED) is 0.269. The molecule has 2 unspecified atom stereocenters. The molecule has 0 aromatic carbocycles. The van der Waals surface area contributed by atoms with Gasteiger partial charge in [0.15, 0.2) is 11.5 Å². The molecule has 1 aromatic rings. The molecular weight excluding hydrogens is 228 g/mol. The van der Waals surface area contributed by atoms with E-state index in [1.165, 1.54) is 6.07 Å². The SMILES string of the molecule is NNC(=O)c1cc(CN2CC(O)C(O)C2)on1. The van der Waals surface area contributed by atoms with Crippen molar-refractivity contribution in [1.29, 1.82) is 0 Å². The third-order valence-electron chi connectivity index (χ3n) is 2.64. The Bertz CT molecular complexity index is 397. The number of likely N-dealkylation sites (tertiary alicyclic amines) is 1. The van der Waals surface area contributed by atoms with Gasteiger partial charge >= 0.3 is 0 Å². The third-order valence-corrected chi connectivity index (χ3v) is 2.64. The Balaban J connectivity index is 1.96. The molecular formula is C9H14N4O4. The number of nitrogen functional groups attached to an aromatic ring is 1. The molecule has 1 aliphatic heterocycles. The number of carbonyl (C=O) groups is 1. The summed E-state index contributed by atoms with van der Waals surface area (Å²) in [6, 6.07) is 1.47. The highest BCUT2D eigenvalue weighted by Crippen LogP contribution is 2.14. The highest BCUT2D eigenvalue weighted by Gasteiger charge is 2.30. The number of amides is 1. The lowest BCUT2D eigenvalue weighted by Gasteiger charge is -2.11. The van der Waals surface area contributed by atoms with Crippen molar-refractivity contribution in [3.63, 3.8) is 0 Å². The Morgan fingerprint density at radius 2 is 2.24 bits per heavy atom. The van der Waals surface area contributed by atoms with Crippen LogP contribution in [0.2, 0.25) is 0 Å². The second-order valence-corrected chi connectivity index (χ2v) is 3.98. The first-order chi connectivity index (χ1) is 8.10. The highest BCUT2D eigenvalue weighted by atomic mass is 16.5. The zero-order valence-corrected chi connectivity index (χ0v) is 9.04. The van der Waals surface area contributed by atoms with Crippen LogP contribution in [0.1, 0.15) is 16.2 Å². The lowest BCUT2D eigenvalue weighted by atomic mass is 10.3. The van der Waals surface area contributed by atoms with Crippen molar-refractivity contribution in [3.05, 3.63) is 17.5 Å². The van der Waals surface area contributed by atoms with E-state index in [1.807, 2.05) is 5.43 Å². The van der Waals surface area contributed by atoms with Gasteiger partial charge in [-0.05, 0) is 0 Å². The molecule has 1 aromatic heterocycles. The maximum absolute atomic E-state index is 11.1. The molecule has 8 nitrogen and oxygen atoms in total. The fourth-order valence-electron chi connectivity index (χ4n) is 1.76. The number of hydrogen-bond donors (Lipinski definition) is 4. The molecule has 8 heteroatoms. The maximum atomic E-state index is 11.1. The van der Waals surface area contributed by atoms with Gasteiger partial charge in [-0.25, -0.2) is 5.84 Å². The van der Waals surface area contributed by atoms with Gasteiger partial charge in [-0.1, -0.05) is 5.16 Å². The van der Waals surface area contributed by atoms with Gasteiger partial charge in [0.25, 0.3) is 5.91 Å². The Kier molecular flexibility index (Phi) is 3.38. The number of aromatic nitrogens is 1. The van der Waals surface area contributed by atoms with Crippen LogP contribution in [0.15, 0.2) is 10.6 Å². The number of nitrogens with zero attached hydrogens (tertiary/aromatic N) is 2. The molecule has 0 spiro atoms. The zero-order valence-electron chi connectivity index (χ0n) is 9.04. The van der Waals surface area contributed by atoms with Crippen LogP contribution in [0.5, 0.6) is 0 Å². The van der Waals surface area contributed by atoms with E-state index in [2.05, 4.69) is 5.16 Å². The topological polar surface area (TPSA) is 125 Å². The molecule has 94 valence electrons. The van der Waals surface area contributed by atoms with Crippen LogP contribution in [0.25, 0.3) is 0 Å². The van der Waals surface area contributed by atoms with E-state index >= 15 is 0 Å². The smallest absolute Gasteiger partial charge is 0.287 e. The van der Waals surface area contributed by atoms with Crippen LogP contribution < -0.4 is 11.3 Å². The fraction of sp³-hybridized carbons (Fsp3) is 0.556. The van der Waals surface area contributed by atoms with Crippen molar-refractivity contribution in [3.8, 4) is 0 Å². The van der Waals surface area contributed by atoms with E-state index in [-0.39, 0.29) is 5.69 Å². The molecule has 2 heterocycles. The minimum Gasteiger partial charge on any atom is -0.389 e. The molecule has 1 aliphatic rings. The molecule has 0 radical (unpaired) electrons. The van der Waals surface area contributed by atoms with Gasteiger partial charge < -0.3 is 14.7 Å². The molecule has 17 heavy (non-hydrogen) atoms. The minimum absolute atomic E-state index is 0.0998. The van der Waals surface area contributed by atoms with Gasteiger partial charge in [0, 0.05) is 19.2 Å². The van der Waals surface area contributed by atoms with Crippen LogP contribution in [0.3, 0.4) is 0 Å². The summed E-state index contributed by atoms with van der Waals surface area (Å²) in [6.45, 7) is 1.10. The van der Waals surface area contributed by atoms with Gasteiger partial charge in [0.2, 0.25) is 0 Å². The monoisotopic (exact) mass is 242 g/mol. The molecule has 0 bridgehead atoms. The summed E-state index contributed by atoms with van der Waals surface area (Å²) in [7, 11) is 0. The number of hydrazine groups is 1. The number of β-amino-alcohol motifs (C(OH)–C–C–N with tert-alkyl or cyclic N) is 2. The van der Waals surface area contributed by atoms with Crippen molar-refractivity contribution in [1.82, 2.24) is 15.5 Å². The summed E-state index contributed by atoms with van der Waals surface area (Å²) in [5.41, 5.74) is 2.05. The summed E-state index contributed by atoms with van der Waals surface area (Å²) in [5.74, 6) is 4.91. The summed E-state index contributed by atoms with van der Waals surface area (Å²) < 4.78 is 4.95. The number of aliphatic hydroxyl groups is 2. The number of aliphatic hydroxyl groups excluding tert-OH is 2. The molecule has 0 aliphatic carbocycles. The second-order valence-electron chi connectivity index (χ2n) is 3.98. The lowest BCUT2D eigenvalue weighted by molar-refractivity contribution is 0.0572. The van der Waals surface area contributed by atoms with E-state index in [0.717, 1.165) is 0 Å². The Morgan fingerprint density at radius 3 is 2.82 bits per heavy atom. The van der Waals surface area contributed by atoms with Gasteiger partial charge in [0.05, 0.1) is 18.8 Å². The average molecular weight is 242 g/mol. The van der Waals surface area contributed by atoms with Crippen LogP contribution >= 0.6 is 0 Å². The third kappa shape index (κ3) is 2.61. The van der Waals surface area contributed by atoms with Gasteiger partial charge in [0.1, 0.15) is 0 Å². The van der Waals surface area contributed by atoms with Gasteiger partial charge in [-0.15, -0.1) is 0 Å². The van der Waals surface area contributed by atoms with E-state index in [4.69, 9.17) is 10.4 Å². The molecule has 2 rings (SSSR count). The molecule has 5 N–H and O–H groups in total. The van der Waals surface area contributed by atoms with Crippen LogP contribution in [-0.2, 0) is 6.54 Å². The Labute approximate surface area is 97.0 Å². The van der Waals surface area contributed by atoms with Crippen molar-refractivity contribution < 1.29 is 19.5 Å². The lowest BCUT2D eigenvalue weighted by Crippen LogP contribution is -2.30. The Morgan fingerprint density at radius 1 is 1.59 bits per heavy atom. The molecule has 1 amide bonds. The van der Waals surface area contributed by atoms with Crippen molar-refractivity contribution in [2.45, 2.75) is 18.8 Å². The summed E-state index contributed by atoms with van der Waals surface area (Å²) in [5, 5.41) is 22.3. The predicted molar refractivity (Wildman–Crippen MR) is 55.4 cm³/mol. The summed E-state index contributed by atoms with van der Waals surface area (Å²) >= 11 is 0. The van der Waals surface area contributed by atoms with Crippen LogP contribution in [0, 0.1) is 0 Å². The number of nitrogens with two attached hydrogens (primary N) is 1. The van der Waals surface area contributed by atoms with E-state index in [0.29, 0.717) is 25.4 Å². The fourth-order valence-corrected chi connectivity index (χ4v) is 1.76. The predicted octanol–water partition coefficient (Wildman–Crippen LogP) is -2.18. The van der Waals surface area contributed by atoms with Gasteiger partial charge in [-0.2, -0.15) is 0 Å². The Hall–Kier alpha value is -1.48. The van der Waals surface area contributed by atoms with Crippen LogP contribution in [-0.4, -0.2) is 51.5 Å². The number of rotatable bonds is 3. The first kappa shape index (κ1) is 12.0. The first-order valence-electron chi connectivity index (χ1n) is 5.15. The van der Waals surface area contributed by atoms with E-state index < -0.39 is 18.1 Å². The van der Waals surface area contributed by atoms with Crippen molar-refractivity contribution in [2.24, 2.45) is 5.84 Å². The number of hydrogen-bond acceptors (Lipinski definition) is 7. The molecule has 1 saturated heterocycles. The molecule has 1 fully saturated rings. The number of nitrogens with one attached hydrogen (secondary N) is 1. The normalized spacial score (nSPS) is 25.1. The molecule has 2 atom stereocenters. The number of carbonyl (C=O) groups excluding carboxylic acids is 1. The van der Waals surface area contributed by atoms with E-state index in [1.54, 1.807) is 4.90 Å². The van der Waals surface area contributed by atoms with Crippen molar-refractivity contribution >= 4 is 5.91 Å². The average Bonchev–Trinajstić information content (AvgIpc) is 2.87. The largest absolute Gasteiger partial charge is 0.389 e. The van der Waals surface area contributed by atoms with E-state index in [9.17, 15) is 15.0 Å². The summed E-state index contributed by atoms with van der Waals surface area (Å²) in [4.78, 5) is 12.9. The van der Waals surface area contributed by atoms with Crippen LogP contribution in [0.4, 0.5) is 0 Å². The standard InChI is InChI=1S/C9H14N4O4/c10-11-9(16)6-1-5(17-12-6)2-13-3-7(14)8(15)4-13/h1,7-8,14-15H,2-4,10H2,(H,11,16). The summed E-state index contributed by atoms with van der Waals surface area (Å²) in [6.07, 6.45) is -1.49. The highest BCUT2D eigenvalue weighted by molar-refractivity contribution is 5.91.